The second kappa shape index (κ2) is 8.87. The number of nitrogens with one attached hydrogen (secondary N) is 2. The van der Waals surface area contributed by atoms with Crippen LogP contribution in [0.5, 0.6) is 0 Å². The molecule has 0 aliphatic carbocycles. The number of piperazine rings is 2. The van der Waals surface area contributed by atoms with Gasteiger partial charge in [-0.25, -0.2) is 4.79 Å². The number of hydrogen-bond acceptors (Lipinski definition) is 6. The van der Waals surface area contributed by atoms with Crippen LogP contribution in [0.15, 0.2) is 0 Å². The summed E-state index contributed by atoms with van der Waals surface area (Å²) in [6.45, 7) is 17.2. The first kappa shape index (κ1) is 19.9. The Morgan fingerprint density at radius 1 is 1.00 bits per heavy atom. The van der Waals surface area contributed by atoms with Gasteiger partial charge in [-0.1, -0.05) is 0 Å². The zero-order chi connectivity index (χ0) is 18.6. The number of ether oxygens (including phenoxy) is 1. The fraction of sp³-hybridized carbons (Fsp3) is 0.947. The van der Waals surface area contributed by atoms with E-state index in [9.17, 15) is 4.79 Å². The topological polar surface area (TPSA) is 60.1 Å². The van der Waals surface area contributed by atoms with Gasteiger partial charge in [0.1, 0.15) is 5.60 Å². The van der Waals surface area contributed by atoms with Gasteiger partial charge in [-0.15, -0.1) is 0 Å². The third kappa shape index (κ3) is 5.55. The molecule has 3 heterocycles. The molecule has 3 fully saturated rings. The van der Waals surface area contributed by atoms with E-state index in [0.717, 1.165) is 58.3 Å². The highest BCUT2D eigenvalue weighted by molar-refractivity contribution is 5.68. The second-order valence-electron chi connectivity index (χ2n) is 8.87. The molecule has 7 heteroatoms. The van der Waals surface area contributed by atoms with Gasteiger partial charge in [0.2, 0.25) is 0 Å². The number of carbonyl (C=O) groups excluding carboxylic acids is 1. The summed E-state index contributed by atoms with van der Waals surface area (Å²) < 4.78 is 5.52. The van der Waals surface area contributed by atoms with Crippen molar-refractivity contribution in [1.29, 1.82) is 0 Å². The minimum absolute atomic E-state index is 0.170. The summed E-state index contributed by atoms with van der Waals surface area (Å²) in [5.41, 5.74) is -0.421. The zero-order valence-corrected chi connectivity index (χ0v) is 16.8. The van der Waals surface area contributed by atoms with Crippen LogP contribution in [0.1, 0.15) is 27.2 Å². The molecule has 2 atom stereocenters. The summed E-state index contributed by atoms with van der Waals surface area (Å²) >= 11 is 0. The summed E-state index contributed by atoms with van der Waals surface area (Å²) in [6.07, 6.45) is 1.08. The first-order valence-electron chi connectivity index (χ1n) is 10.3. The number of amides is 1. The summed E-state index contributed by atoms with van der Waals surface area (Å²) in [7, 11) is 0. The van der Waals surface area contributed by atoms with Gasteiger partial charge in [-0.05, 0) is 39.7 Å². The normalized spacial score (nSPS) is 29.6. The standard InChI is InChI=1S/C19H37N5O2/c1-19(2,3)26-18(25)24-12-10-23(11-13-24)17-14-21-5-4-16(17)15-22-8-6-20-7-9-22/h16-17,20-21H,4-15H2,1-3H3. The lowest BCUT2D eigenvalue weighted by Crippen LogP contribution is -2.60. The molecule has 0 aromatic rings. The van der Waals surface area contributed by atoms with Gasteiger partial charge in [-0.3, -0.25) is 4.90 Å². The lowest BCUT2D eigenvalue weighted by atomic mass is 9.90. The van der Waals surface area contributed by atoms with E-state index in [2.05, 4.69) is 20.4 Å². The van der Waals surface area contributed by atoms with Crippen molar-refractivity contribution in [3.63, 3.8) is 0 Å². The van der Waals surface area contributed by atoms with Gasteiger partial charge >= 0.3 is 6.09 Å². The van der Waals surface area contributed by atoms with Crippen molar-refractivity contribution in [3.05, 3.63) is 0 Å². The fourth-order valence-corrected chi connectivity index (χ4v) is 4.32. The van der Waals surface area contributed by atoms with Crippen molar-refractivity contribution in [2.45, 2.75) is 38.8 Å². The van der Waals surface area contributed by atoms with Gasteiger partial charge in [0, 0.05) is 71.5 Å². The van der Waals surface area contributed by atoms with Crippen LogP contribution in [-0.2, 0) is 4.74 Å². The molecular weight excluding hydrogens is 330 g/mol. The molecule has 3 aliphatic rings. The summed E-state index contributed by atoms with van der Waals surface area (Å²) in [5, 5.41) is 7.03. The van der Waals surface area contributed by atoms with E-state index in [-0.39, 0.29) is 6.09 Å². The first-order chi connectivity index (χ1) is 12.4. The predicted molar refractivity (Wildman–Crippen MR) is 103 cm³/mol. The van der Waals surface area contributed by atoms with E-state index in [1.54, 1.807) is 0 Å². The minimum Gasteiger partial charge on any atom is -0.444 e. The Balaban J connectivity index is 1.50. The third-order valence-corrected chi connectivity index (χ3v) is 5.73. The Kier molecular flexibility index (Phi) is 6.77. The van der Waals surface area contributed by atoms with E-state index in [1.807, 2.05) is 25.7 Å². The molecule has 7 nitrogen and oxygen atoms in total. The molecule has 0 aromatic carbocycles. The van der Waals surface area contributed by atoms with Crippen molar-refractivity contribution in [3.8, 4) is 0 Å². The van der Waals surface area contributed by atoms with Crippen molar-refractivity contribution >= 4 is 6.09 Å². The van der Waals surface area contributed by atoms with Gasteiger partial charge in [0.25, 0.3) is 0 Å². The average Bonchev–Trinajstić information content (AvgIpc) is 2.62. The van der Waals surface area contributed by atoms with Gasteiger partial charge in [-0.2, -0.15) is 0 Å². The van der Waals surface area contributed by atoms with E-state index >= 15 is 0 Å². The highest BCUT2D eigenvalue weighted by atomic mass is 16.6. The Hall–Kier alpha value is -0.890. The van der Waals surface area contributed by atoms with Crippen LogP contribution in [0.2, 0.25) is 0 Å². The maximum atomic E-state index is 12.3. The zero-order valence-electron chi connectivity index (χ0n) is 16.8. The van der Waals surface area contributed by atoms with Crippen LogP contribution in [0.3, 0.4) is 0 Å². The highest BCUT2D eigenvalue weighted by Crippen LogP contribution is 2.22. The SMILES string of the molecule is CC(C)(C)OC(=O)N1CCN(C2CNCCC2CN2CCNCC2)CC1. The molecule has 0 saturated carbocycles. The number of nitrogens with zero attached hydrogens (tertiary/aromatic N) is 3. The first-order valence-corrected chi connectivity index (χ1v) is 10.3. The maximum Gasteiger partial charge on any atom is 0.410 e. The summed E-state index contributed by atoms with van der Waals surface area (Å²) in [6, 6.07) is 0.583. The van der Waals surface area contributed by atoms with Crippen LogP contribution in [0.25, 0.3) is 0 Å². The lowest BCUT2D eigenvalue weighted by Gasteiger charge is -2.45. The maximum absolute atomic E-state index is 12.3. The van der Waals surface area contributed by atoms with E-state index in [0.29, 0.717) is 6.04 Å². The number of rotatable bonds is 3. The summed E-state index contributed by atoms with van der Waals surface area (Å²) in [5.74, 6) is 0.724. The molecular formula is C19H37N5O2. The molecule has 3 rings (SSSR count). The molecule has 3 aliphatic heterocycles. The minimum atomic E-state index is -0.421. The number of hydrogen-bond donors (Lipinski definition) is 2. The molecule has 3 saturated heterocycles. The molecule has 2 unspecified atom stereocenters. The fourth-order valence-electron chi connectivity index (χ4n) is 4.32. The number of carbonyl (C=O) groups is 1. The second-order valence-corrected chi connectivity index (χ2v) is 8.87. The van der Waals surface area contributed by atoms with Crippen LogP contribution in [0.4, 0.5) is 4.79 Å². The Morgan fingerprint density at radius 2 is 1.69 bits per heavy atom. The molecule has 1 amide bonds. The van der Waals surface area contributed by atoms with Crippen molar-refractivity contribution in [2.24, 2.45) is 5.92 Å². The van der Waals surface area contributed by atoms with Crippen molar-refractivity contribution < 1.29 is 9.53 Å². The van der Waals surface area contributed by atoms with Gasteiger partial charge < -0.3 is 25.2 Å². The smallest absolute Gasteiger partial charge is 0.410 e. The van der Waals surface area contributed by atoms with E-state index in [1.165, 1.54) is 26.1 Å². The molecule has 2 N–H and O–H groups in total. The quantitative estimate of drug-likeness (QED) is 0.754. The molecule has 0 bridgehead atoms. The third-order valence-electron chi connectivity index (χ3n) is 5.73. The Bertz CT molecular complexity index is 453. The van der Waals surface area contributed by atoms with Gasteiger partial charge in [0.05, 0.1) is 0 Å². The monoisotopic (exact) mass is 367 g/mol. The molecule has 26 heavy (non-hydrogen) atoms. The highest BCUT2D eigenvalue weighted by Gasteiger charge is 2.34. The predicted octanol–water partition coefficient (Wildman–Crippen LogP) is 0.422. The van der Waals surface area contributed by atoms with Crippen LogP contribution in [-0.4, -0.2) is 104 Å². The molecule has 150 valence electrons. The Labute approximate surface area is 158 Å². The molecule has 0 aromatic heterocycles. The number of piperidine rings is 1. The largest absolute Gasteiger partial charge is 0.444 e. The van der Waals surface area contributed by atoms with Crippen LogP contribution in [0, 0.1) is 5.92 Å². The van der Waals surface area contributed by atoms with Crippen LogP contribution >= 0.6 is 0 Å². The van der Waals surface area contributed by atoms with E-state index < -0.39 is 5.60 Å². The summed E-state index contributed by atoms with van der Waals surface area (Å²) in [4.78, 5) is 19.4. The van der Waals surface area contributed by atoms with Crippen molar-refractivity contribution in [1.82, 2.24) is 25.3 Å². The Morgan fingerprint density at radius 3 is 2.35 bits per heavy atom. The van der Waals surface area contributed by atoms with Gasteiger partial charge in [0.15, 0.2) is 0 Å². The van der Waals surface area contributed by atoms with Crippen molar-refractivity contribution in [2.75, 3.05) is 72.0 Å². The molecule has 0 spiro atoms. The van der Waals surface area contributed by atoms with Crippen LogP contribution < -0.4 is 10.6 Å². The van der Waals surface area contributed by atoms with E-state index in [4.69, 9.17) is 4.74 Å². The molecule has 0 radical (unpaired) electrons. The lowest BCUT2D eigenvalue weighted by molar-refractivity contribution is 0.00192. The average molecular weight is 368 g/mol.